The Kier molecular flexibility index (Phi) is 2.69. The van der Waals surface area contributed by atoms with Crippen LogP contribution in [0.2, 0.25) is 0 Å². The van der Waals surface area contributed by atoms with Crippen molar-refractivity contribution in [3.05, 3.63) is 24.3 Å². The summed E-state index contributed by atoms with van der Waals surface area (Å²) in [6.07, 6.45) is 0. The van der Waals surface area contributed by atoms with E-state index >= 15 is 0 Å². The summed E-state index contributed by atoms with van der Waals surface area (Å²) in [5.74, 6) is 0. The van der Waals surface area contributed by atoms with Gasteiger partial charge in [0, 0.05) is 11.1 Å². The Morgan fingerprint density at radius 2 is 1.40 bits per heavy atom. The molecule has 10 heavy (non-hydrogen) atoms. The predicted octanol–water partition coefficient (Wildman–Crippen LogP) is -1.81. The van der Waals surface area contributed by atoms with Gasteiger partial charge in [0.1, 0.15) is 13.1 Å². The van der Waals surface area contributed by atoms with Gasteiger partial charge in [0.05, 0.1) is 14.1 Å². The van der Waals surface area contributed by atoms with Gasteiger partial charge in [-0.05, 0) is 0 Å². The van der Waals surface area contributed by atoms with Crippen molar-refractivity contribution in [3.8, 4) is 0 Å². The summed E-state index contributed by atoms with van der Waals surface area (Å²) in [5.41, 5.74) is 2.44. The average Bonchev–Trinajstić information content (AvgIpc) is 1.79. The van der Waals surface area contributed by atoms with Crippen molar-refractivity contribution in [1.82, 2.24) is 0 Å². The summed E-state index contributed by atoms with van der Waals surface area (Å²) in [4.78, 5) is 0. The molecule has 2 heteroatoms. The number of hydrogen-bond acceptors (Lipinski definition) is 0. The van der Waals surface area contributed by atoms with E-state index in [0.29, 0.717) is 0 Å². The molecule has 1 aliphatic heterocycles. The van der Waals surface area contributed by atoms with Crippen LogP contribution in [0.1, 0.15) is 0 Å². The van der Waals surface area contributed by atoms with Crippen molar-refractivity contribution in [2.45, 2.75) is 0 Å². The van der Waals surface area contributed by atoms with E-state index in [9.17, 15) is 0 Å². The van der Waals surface area contributed by atoms with Crippen molar-refractivity contribution < 1.29 is 16.9 Å². The molecule has 1 rings (SSSR count). The minimum Gasteiger partial charge on any atom is -1.00 e. The first kappa shape index (κ1) is 9.73. The second-order valence-electron chi connectivity index (χ2n) is 3.46. The molecule has 0 N–H and O–H groups in total. The molecular weight excluding hydrogens is 146 g/mol. The van der Waals surface area contributed by atoms with E-state index in [-0.39, 0.29) is 12.4 Å². The molecule has 0 aromatic carbocycles. The smallest absolute Gasteiger partial charge is 0.104 e. The lowest BCUT2D eigenvalue weighted by Crippen LogP contribution is -3.00. The van der Waals surface area contributed by atoms with Gasteiger partial charge >= 0.3 is 0 Å². The van der Waals surface area contributed by atoms with E-state index in [2.05, 4.69) is 27.3 Å². The summed E-state index contributed by atoms with van der Waals surface area (Å²) in [6, 6.07) is 0. The number of likely N-dealkylation sites (tertiary alicyclic amines) is 1. The monoisotopic (exact) mass is 159 g/mol. The standard InChI is InChI=1S/C8H14N.ClH/c1-7-5-9(3,4)6-8(7)2;/h1-2,5-6H2,3-4H3;1H/q+1;/p-1. The van der Waals surface area contributed by atoms with E-state index in [4.69, 9.17) is 0 Å². The number of halogens is 1. The lowest BCUT2D eigenvalue weighted by Gasteiger charge is -2.21. The Morgan fingerprint density at radius 3 is 1.50 bits per heavy atom. The Morgan fingerprint density at radius 1 is 1.10 bits per heavy atom. The third-order valence-electron chi connectivity index (χ3n) is 1.74. The van der Waals surface area contributed by atoms with Gasteiger partial charge in [-0.1, -0.05) is 13.2 Å². The van der Waals surface area contributed by atoms with Gasteiger partial charge in [-0.3, -0.25) is 0 Å². The van der Waals surface area contributed by atoms with Gasteiger partial charge in [0.15, 0.2) is 0 Å². The predicted molar refractivity (Wildman–Crippen MR) is 40.1 cm³/mol. The van der Waals surface area contributed by atoms with E-state index < -0.39 is 0 Å². The summed E-state index contributed by atoms with van der Waals surface area (Å²) < 4.78 is 1.03. The van der Waals surface area contributed by atoms with Crippen LogP contribution >= 0.6 is 0 Å². The molecular formula is C8H14ClN. The third kappa shape index (κ3) is 1.86. The molecule has 0 spiro atoms. The van der Waals surface area contributed by atoms with Crippen LogP contribution in [0.5, 0.6) is 0 Å². The van der Waals surface area contributed by atoms with E-state index in [1.165, 1.54) is 11.1 Å². The fraction of sp³-hybridized carbons (Fsp3) is 0.500. The first-order chi connectivity index (χ1) is 4.01. The quantitative estimate of drug-likeness (QED) is 0.366. The minimum atomic E-state index is 0. The number of likely N-dealkylation sites (N-methyl/N-ethyl adjacent to an activating group) is 1. The van der Waals surface area contributed by atoms with Crippen LogP contribution in [0.4, 0.5) is 0 Å². The summed E-state index contributed by atoms with van der Waals surface area (Å²) in [7, 11) is 4.40. The molecule has 0 amide bonds. The van der Waals surface area contributed by atoms with Gasteiger partial charge in [-0.2, -0.15) is 0 Å². The Balaban J connectivity index is 0.000000810. The number of hydrogen-bond donors (Lipinski definition) is 0. The van der Waals surface area contributed by atoms with Crippen molar-refractivity contribution in [2.24, 2.45) is 0 Å². The molecule has 58 valence electrons. The molecule has 1 saturated heterocycles. The largest absolute Gasteiger partial charge is 1.00 e. The molecule has 1 heterocycles. The van der Waals surface area contributed by atoms with Crippen LogP contribution in [-0.4, -0.2) is 31.7 Å². The Labute approximate surface area is 69.0 Å². The van der Waals surface area contributed by atoms with E-state index in [1.54, 1.807) is 0 Å². The molecule has 0 radical (unpaired) electrons. The minimum absolute atomic E-state index is 0. The maximum absolute atomic E-state index is 3.92. The lowest BCUT2D eigenvalue weighted by atomic mass is 10.2. The zero-order valence-corrected chi connectivity index (χ0v) is 7.41. The van der Waals surface area contributed by atoms with Crippen LogP contribution in [-0.2, 0) is 0 Å². The molecule has 1 fully saturated rings. The van der Waals surface area contributed by atoms with Gasteiger partial charge in [-0.25, -0.2) is 0 Å². The number of nitrogens with zero attached hydrogens (tertiary/aromatic N) is 1. The molecule has 0 atom stereocenters. The molecule has 0 aromatic heterocycles. The molecule has 1 aliphatic rings. The highest BCUT2D eigenvalue weighted by Gasteiger charge is 2.27. The third-order valence-corrected chi connectivity index (χ3v) is 1.74. The van der Waals surface area contributed by atoms with Gasteiger partial charge < -0.3 is 16.9 Å². The fourth-order valence-electron chi connectivity index (χ4n) is 1.31. The highest BCUT2D eigenvalue weighted by molar-refractivity contribution is 5.28. The Hall–Kier alpha value is -0.270. The zero-order valence-electron chi connectivity index (χ0n) is 6.65. The second-order valence-corrected chi connectivity index (χ2v) is 3.46. The topological polar surface area (TPSA) is 0 Å². The highest BCUT2D eigenvalue weighted by atomic mass is 35.5. The first-order valence-electron chi connectivity index (χ1n) is 3.19. The van der Waals surface area contributed by atoms with E-state index in [1.807, 2.05) is 0 Å². The Bertz CT molecular complexity index is 152. The van der Waals surface area contributed by atoms with Crippen LogP contribution in [0.3, 0.4) is 0 Å². The molecule has 0 aliphatic carbocycles. The number of quaternary nitrogens is 1. The van der Waals surface area contributed by atoms with Crippen molar-refractivity contribution in [1.29, 1.82) is 0 Å². The van der Waals surface area contributed by atoms with Crippen LogP contribution in [0, 0.1) is 0 Å². The lowest BCUT2D eigenvalue weighted by molar-refractivity contribution is -0.872. The average molecular weight is 160 g/mol. The van der Waals surface area contributed by atoms with Crippen LogP contribution in [0.25, 0.3) is 0 Å². The molecule has 0 saturated carbocycles. The second kappa shape index (κ2) is 2.77. The van der Waals surface area contributed by atoms with Gasteiger partial charge in [0.2, 0.25) is 0 Å². The summed E-state index contributed by atoms with van der Waals surface area (Å²) in [5, 5.41) is 0. The summed E-state index contributed by atoms with van der Waals surface area (Å²) in [6.45, 7) is 9.97. The maximum atomic E-state index is 3.92. The number of rotatable bonds is 0. The zero-order chi connectivity index (χ0) is 7.07. The van der Waals surface area contributed by atoms with Crippen molar-refractivity contribution >= 4 is 0 Å². The fourth-order valence-corrected chi connectivity index (χ4v) is 1.31. The molecule has 0 bridgehead atoms. The van der Waals surface area contributed by atoms with Gasteiger partial charge in [0.25, 0.3) is 0 Å². The molecule has 0 aromatic rings. The van der Waals surface area contributed by atoms with Crippen LogP contribution < -0.4 is 12.4 Å². The van der Waals surface area contributed by atoms with Crippen molar-refractivity contribution in [2.75, 3.05) is 27.2 Å². The van der Waals surface area contributed by atoms with Gasteiger partial charge in [-0.15, -0.1) is 0 Å². The molecule has 0 unspecified atom stereocenters. The van der Waals surface area contributed by atoms with Crippen molar-refractivity contribution in [3.63, 3.8) is 0 Å². The summed E-state index contributed by atoms with van der Waals surface area (Å²) >= 11 is 0. The first-order valence-corrected chi connectivity index (χ1v) is 3.19. The SMILES string of the molecule is C=C1C[N+](C)(C)CC1=C.[Cl-]. The molecule has 1 nitrogen and oxygen atoms in total. The van der Waals surface area contributed by atoms with Crippen LogP contribution in [0.15, 0.2) is 24.3 Å². The maximum Gasteiger partial charge on any atom is 0.104 e. The normalized spacial score (nSPS) is 22.6. The highest BCUT2D eigenvalue weighted by Crippen LogP contribution is 2.21. The van der Waals surface area contributed by atoms with E-state index in [0.717, 1.165) is 17.6 Å².